The van der Waals surface area contributed by atoms with Crippen molar-refractivity contribution in [3.63, 3.8) is 0 Å². The van der Waals surface area contributed by atoms with Crippen molar-refractivity contribution in [3.05, 3.63) is 258 Å². The smallest absolute Gasteiger partial charge is 0.343 e. The predicted octanol–water partition coefficient (Wildman–Crippen LogP) is 17.2. The van der Waals surface area contributed by atoms with Crippen LogP contribution < -0.4 is 9.80 Å². The van der Waals surface area contributed by atoms with E-state index in [1.165, 1.54) is 27.8 Å². The molecule has 10 aromatic rings. The maximum Gasteiger partial charge on any atom is 2.00 e. The molecule has 392 valence electrons. The Hall–Kier alpha value is -8.08. The van der Waals surface area contributed by atoms with E-state index in [1.807, 2.05) is 122 Å². The first-order valence-electron chi connectivity index (χ1n) is 25.6. The zero-order chi connectivity index (χ0) is 53.4. The van der Waals surface area contributed by atoms with Gasteiger partial charge in [0.25, 0.3) is 0 Å². The van der Waals surface area contributed by atoms with Gasteiger partial charge in [-0.1, -0.05) is 153 Å². The van der Waals surface area contributed by atoms with Crippen LogP contribution in [0, 0.1) is 30.1 Å². The van der Waals surface area contributed by atoms with Gasteiger partial charge in [0, 0.05) is 56.8 Å². The first-order chi connectivity index (χ1) is 37.2. The second kappa shape index (κ2) is 22.1. The Morgan fingerprint density at radius 1 is 0.577 bits per heavy atom. The van der Waals surface area contributed by atoms with Crippen molar-refractivity contribution in [2.24, 2.45) is 5.92 Å². The Morgan fingerprint density at radius 3 is 1.59 bits per heavy atom. The Labute approximate surface area is 465 Å². The summed E-state index contributed by atoms with van der Waals surface area (Å²) in [4.78, 5) is 17.6. The van der Waals surface area contributed by atoms with Crippen LogP contribution in [-0.2, 0) is 32.7 Å². The van der Waals surface area contributed by atoms with Crippen LogP contribution in [0.4, 0.5) is 56.1 Å². The van der Waals surface area contributed by atoms with Gasteiger partial charge >= 0.3 is 27.2 Å². The summed E-state index contributed by atoms with van der Waals surface area (Å²) in [7, 11) is 0. The third kappa shape index (κ3) is 10.5. The number of para-hydroxylation sites is 3. The normalized spacial score (nSPS) is 13.0. The molecule has 7 nitrogen and oxygen atoms in total. The predicted molar refractivity (Wildman–Crippen MR) is 293 cm³/mol. The van der Waals surface area contributed by atoms with Crippen LogP contribution in [-0.4, -0.2) is 24.7 Å². The molecule has 6 aromatic carbocycles. The van der Waals surface area contributed by atoms with Gasteiger partial charge in [-0.25, -0.2) is 8.78 Å². The molecule has 11 rings (SSSR count). The molecule has 4 aromatic heterocycles. The second-order valence-corrected chi connectivity index (χ2v) is 20.0. The van der Waals surface area contributed by atoms with Crippen molar-refractivity contribution < 1.29 is 43.0 Å². The molecule has 0 amide bonds. The second-order valence-electron chi connectivity index (χ2n) is 20.0. The van der Waals surface area contributed by atoms with E-state index in [1.54, 1.807) is 12.1 Å². The van der Waals surface area contributed by atoms with Crippen LogP contribution in [0.3, 0.4) is 0 Å². The van der Waals surface area contributed by atoms with Gasteiger partial charge in [-0.15, -0.1) is 12.1 Å². The minimum Gasteiger partial charge on any atom is -0.343 e. The van der Waals surface area contributed by atoms with E-state index < -0.39 is 29.2 Å². The van der Waals surface area contributed by atoms with E-state index in [2.05, 4.69) is 114 Å². The van der Waals surface area contributed by atoms with Gasteiger partial charge in [-0.2, -0.15) is 13.2 Å². The van der Waals surface area contributed by atoms with Crippen molar-refractivity contribution in [2.75, 3.05) is 9.80 Å². The molecule has 0 saturated heterocycles. The van der Waals surface area contributed by atoms with Gasteiger partial charge in [0.05, 0.1) is 11.5 Å². The number of alkyl halides is 3. The van der Waals surface area contributed by atoms with Crippen LogP contribution in [0.2, 0.25) is 0 Å². The van der Waals surface area contributed by atoms with Crippen molar-refractivity contribution in [1.29, 1.82) is 0 Å². The van der Waals surface area contributed by atoms with Gasteiger partial charge in [0.1, 0.15) is 11.9 Å². The molecule has 0 aliphatic heterocycles. The fourth-order valence-corrected chi connectivity index (χ4v) is 10.8. The van der Waals surface area contributed by atoms with E-state index >= 15 is 4.39 Å². The number of pyridine rings is 3. The summed E-state index contributed by atoms with van der Waals surface area (Å²) in [5.74, 6) is -1.19. The molecule has 2 unspecified atom stereocenters. The molecular formula is C65H52F5N7Pt. The fraction of sp³-hybridized carbons (Fsp3) is 0.169. The van der Waals surface area contributed by atoms with Crippen molar-refractivity contribution in [1.82, 2.24) is 24.7 Å². The number of halogens is 5. The molecular weight excluding hydrogens is 1170 g/mol. The summed E-state index contributed by atoms with van der Waals surface area (Å²) in [6, 6.07) is 66.6. The number of rotatable bonds is 15. The number of aromatic nitrogens is 5. The number of hydrogen-bond donors (Lipinski definition) is 0. The van der Waals surface area contributed by atoms with Crippen molar-refractivity contribution in [2.45, 2.75) is 64.0 Å². The zero-order valence-electron chi connectivity index (χ0n) is 43.0. The average Bonchev–Trinajstić information content (AvgIpc) is 4.12. The van der Waals surface area contributed by atoms with Crippen LogP contribution in [0.1, 0.15) is 86.1 Å². The van der Waals surface area contributed by atoms with Crippen LogP contribution in [0.25, 0.3) is 28.2 Å². The maximum absolute atomic E-state index is 16.0. The Balaban J connectivity index is 0.00000688. The molecule has 0 bridgehead atoms. The molecule has 1 aliphatic rings. The largest absolute Gasteiger partial charge is 2.00 e. The zero-order valence-corrected chi connectivity index (χ0v) is 45.3. The molecule has 13 heteroatoms. The van der Waals surface area contributed by atoms with Gasteiger partial charge in [-0.05, 0) is 139 Å². The third-order valence-corrected chi connectivity index (χ3v) is 14.7. The standard InChI is InChI=1S/C65H52F5N7.Pt/c1-5-43(37-42(2)62-53-27-17-15-25-51(53)52-26-16-18-28-54(52)62)44-29-31-48(32-30-44)77(47-23-13-8-14-24-47)49-38-56(55-33-34-60(66)73-63(55)67)71-58(39-49)64(3,4)59-40-50(41-61(72-59)75-36-35-57(74-75)65(68,69)70)76(45-19-9-6-10-20-45)46-21-11-7-12-22-46;/h6-32,34-35,38-43,62H,5,37H2,1-4H3;/q-2;+2. The van der Waals surface area contributed by atoms with Gasteiger partial charge in [-0.3, -0.25) is 15.1 Å². The Kier molecular flexibility index (Phi) is 15.1. The molecule has 2 atom stereocenters. The first-order valence-corrected chi connectivity index (χ1v) is 25.6. The van der Waals surface area contributed by atoms with E-state index in [9.17, 15) is 17.6 Å². The quantitative estimate of drug-likeness (QED) is 0.0579. The van der Waals surface area contributed by atoms with E-state index in [-0.39, 0.29) is 50.0 Å². The Bertz CT molecular complexity index is 3620. The van der Waals surface area contributed by atoms with E-state index in [0.29, 0.717) is 28.7 Å². The number of benzene rings is 6. The van der Waals surface area contributed by atoms with E-state index in [4.69, 9.17) is 9.97 Å². The summed E-state index contributed by atoms with van der Waals surface area (Å²) < 4.78 is 73.8. The molecule has 0 N–H and O–H groups in total. The molecule has 0 saturated carbocycles. The summed E-state index contributed by atoms with van der Waals surface area (Å²) in [6.45, 7) is 8.38. The number of hydrogen-bond acceptors (Lipinski definition) is 6. The number of fused-ring (bicyclic) bond motifs is 3. The summed E-state index contributed by atoms with van der Waals surface area (Å²) >= 11 is 0. The molecule has 0 spiro atoms. The molecule has 4 heterocycles. The molecule has 0 fully saturated rings. The summed E-state index contributed by atoms with van der Waals surface area (Å²) in [5.41, 5.74) is 9.27. The minimum atomic E-state index is -4.73. The summed E-state index contributed by atoms with van der Waals surface area (Å²) in [5, 5.41) is 3.89. The molecule has 78 heavy (non-hydrogen) atoms. The SMILES string of the molecule is CCC(CC(C)C1c2ccccc2-c2ccccc21)c1ccc(N(c2ccccc2)c2cc(-c3[c-]cc(F)nc3F)nc(C(C)(C)c3cc(N(c4ccccc4)c4ccccc4)cc(-n4[c-]cc(C(F)(F)F)n4)n3)c2)cc1.[Pt+2]. The monoisotopic (exact) mass is 1220 g/mol. The van der Waals surface area contributed by atoms with Gasteiger partial charge in [0.15, 0.2) is 0 Å². The topological polar surface area (TPSA) is 63.0 Å². The van der Waals surface area contributed by atoms with Crippen LogP contribution >= 0.6 is 0 Å². The molecule has 1 aliphatic carbocycles. The first kappa shape index (κ1) is 53.3. The van der Waals surface area contributed by atoms with Crippen LogP contribution in [0.15, 0.2) is 200 Å². The minimum absolute atomic E-state index is 0. The van der Waals surface area contributed by atoms with Crippen molar-refractivity contribution in [3.8, 4) is 28.2 Å². The summed E-state index contributed by atoms with van der Waals surface area (Å²) in [6.07, 6.45) is -0.187. The van der Waals surface area contributed by atoms with Gasteiger partial charge in [0.2, 0.25) is 0 Å². The third-order valence-electron chi connectivity index (χ3n) is 14.7. The molecule has 0 radical (unpaired) electrons. The van der Waals surface area contributed by atoms with E-state index in [0.717, 1.165) is 52.4 Å². The van der Waals surface area contributed by atoms with Gasteiger partial charge < -0.3 is 19.5 Å². The average molecular weight is 1220 g/mol. The number of anilines is 6. The maximum atomic E-state index is 16.0. The number of nitrogens with zero attached hydrogens (tertiary/aromatic N) is 7. The Morgan fingerprint density at radius 2 is 1.08 bits per heavy atom. The fourth-order valence-electron chi connectivity index (χ4n) is 10.8. The van der Waals surface area contributed by atoms with Crippen molar-refractivity contribution >= 4 is 34.1 Å². The van der Waals surface area contributed by atoms with Crippen LogP contribution in [0.5, 0.6) is 0 Å².